The lowest BCUT2D eigenvalue weighted by atomic mass is 10.1. The molecule has 2 aromatic rings. The van der Waals surface area contributed by atoms with Crippen LogP contribution in [-0.2, 0) is 13.2 Å². The van der Waals surface area contributed by atoms with Crippen LogP contribution in [0.15, 0.2) is 36.4 Å². The zero-order chi connectivity index (χ0) is 15.2. The van der Waals surface area contributed by atoms with Crippen LogP contribution in [-0.4, -0.2) is 6.54 Å². The van der Waals surface area contributed by atoms with Crippen molar-refractivity contribution in [3.8, 4) is 5.75 Å². The van der Waals surface area contributed by atoms with E-state index in [9.17, 15) is 0 Å². The van der Waals surface area contributed by atoms with Crippen LogP contribution in [0.2, 0.25) is 5.02 Å². The fourth-order valence-corrected chi connectivity index (χ4v) is 2.61. The third-order valence-electron chi connectivity index (χ3n) is 3.25. The summed E-state index contributed by atoms with van der Waals surface area (Å²) in [6, 6.07) is 12.4. The summed E-state index contributed by atoms with van der Waals surface area (Å²) in [6.07, 6.45) is 0. The molecule has 0 spiro atoms. The van der Waals surface area contributed by atoms with E-state index >= 15 is 0 Å². The third kappa shape index (κ3) is 4.76. The number of hydrogen-bond donors (Lipinski definition) is 1. The molecule has 0 amide bonds. The molecular formula is C18H22ClNO. The van der Waals surface area contributed by atoms with Crippen molar-refractivity contribution in [3.63, 3.8) is 0 Å². The van der Waals surface area contributed by atoms with Gasteiger partial charge in [-0.1, -0.05) is 53.9 Å². The highest BCUT2D eigenvalue weighted by Crippen LogP contribution is 2.26. The Hall–Kier alpha value is -1.51. The van der Waals surface area contributed by atoms with Crippen LogP contribution in [0.3, 0.4) is 0 Å². The third-order valence-corrected chi connectivity index (χ3v) is 3.55. The Bertz CT molecular complexity index is 590. The Morgan fingerprint density at radius 1 is 1.00 bits per heavy atom. The molecule has 0 aliphatic rings. The van der Waals surface area contributed by atoms with Crippen molar-refractivity contribution >= 4 is 11.6 Å². The van der Waals surface area contributed by atoms with Crippen molar-refractivity contribution in [3.05, 3.63) is 63.7 Å². The smallest absolute Gasteiger partial charge is 0.138 e. The fraction of sp³-hybridized carbons (Fsp3) is 0.333. The van der Waals surface area contributed by atoms with E-state index in [0.29, 0.717) is 11.6 Å². The Kier molecular flexibility index (Phi) is 5.66. The van der Waals surface area contributed by atoms with Crippen LogP contribution < -0.4 is 10.1 Å². The van der Waals surface area contributed by atoms with Gasteiger partial charge >= 0.3 is 0 Å². The lowest BCUT2D eigenvalue weighted by Gasteiger charge is -2.11. The van der Waals surface area contributed by atoms with E-state index in [1.165, 1.54) is 22.3 Å². The molecule has 0 fully saturated rings. The molecule has 1 N–H and O–H groups in total. The van der Waals surface area contributed by atoms with Crippen molar-refractivity contribution in [2.24, 2.45) is 0 Å². The number of rotatable bonds is 6. The molecule has 3 heteroatoms. The molecule has 0 atom stereocenters. The second-order valence-corrected chi connectivity index (χ2v) is 5.74. The molecule has 0 aliphatic heterocycles. The Morgan fingerprint density at radius 3 is 2.33 bits per heavy atom. The molecule has 0 unspecified atom stereocenters. The molecule has 2 aromatic carbocycles. The second kappa shape index (κ2) is 7.48. The van der Waals surface area contributed by atoms with Crippen LogP contribution in [0.1, 0.15) is 29.2 Å². The van der Waals surface area contributed by atoms with Crippen LogP contribution in [0.25, 0.3) is 0 Å². The molecular weight excluding hydrogens is 282 g/mol. The summed E-state index contributed by atoms with van der Waals surface area (Å²) < 4.78 is 5.84. The second-order valence-electron chi connectivity index (χ2n) is 5.33. The average Bonchev–Trinajstić information content (AvgIpc) is 2.43. The van der Waals surface area contributed by atoms with Crippen LogP contribution in [0.4, 0.5) is 0 Å². The number of hydrogen-bond acceptors (Lipinski definition) is 2. The summed E-state index contributed by atoms with van der Waals surface area (Å²) in [5, 5.41) is 3.94. The molecule has 0 saturated carbocycles. The van der Waals surface area contributed by atoms with Gasteiger partial charge < -0.3 is 10.1 Å². The van der Waals surface area contributed by atoms with E-state index in [-0.39, 0.29) is 0 Å². The molecule has 0 bridgehead atoms. The molecule has 2 rings (SSSR count). The van der Waals surface area contributed by atoms with Crippen LogP contribution in [0, 0.1) is 13.8 Å². The number of halogens is 1. The van der Waals surface area contributed by atoms with Crippen LogP contribution in [0.5, 0.6) is 5.75 Å². The highest BCUT2D eigenvalue weighted by molar-refractivity contribution is 6.32. The highest BCUT2D eigenvalue weighted by atomic mass is 35.5. The van der Waals surface area contributed by atoms with Gasteiger partial charge in [0, 0.05) is 6.54 Å². The predicted molar refractivity (Wildman–Crippen MR) is 89.1 cm³/mol. The maximum absolute atomic E-state index is 6.28. The maximum atomic E-state index is 6.28. The largest absolute Gasteiger partial charge is 0.487 e. The van der Waals surface area contributed by atoms with Crippen molar-refractivity contribution in [2.45, 2.75) is 33.9 Å². The molecule has 0 aromatic heterocycles. The van der Waals surface area contributed by atoms with E-state index in [1.807, 2.05) is 18.2 Å². The van der Waals surface area contributed by atoms with Gasteiger partial charge in [0.15, 0.2) is 0 Å². The number of aryl methyl sites for hydroxylation is 2. The number of benzene rings is 2. The predicted octanol–water partition coefficient (Wildman–Crippen LogP) is 4.65. The first-order valence-corrected chi connectivity index (χ1v) is 7.65. The normalized spacial score (nSPS) is 10.7. The minimum absolute atomic E-state index is 0.537. The molecule has 0 radical (unpaired) electrons. The minimum atomic E-state index is 0.537. The minimum Gasteiger partial charge on any atom is -0.487 e. The lowest BCUT2D eigenvalue weighted by Crippen LogP contribution is -2.11. The summed E-state index contributed by atoms with van der Waals surface area (Å²) in [7, 11) is 0. The van der Waals surface area contributed by atoms with E-state index in [2.05, 4.69) is 44.3 Å². The molecule has 2 nitrogen and oxygen atoms in total. The van der Waals surface area contributed by atoms with Crippen LogP contribution >= 0.6 is 11.6 Å². The summed E-state index contributed by atoms with van der Waals surface area (Å²) in [5.74, 6) is 0.732. The summed E-state index contributed by atoms with van der Waals surface area (Å²) >= 11 is 6.28. The van der Waals surface area contributed by atoms with Gasteiger partial charge in [-0.3, -0.25) is 0 Å². The van der Waals surface area contributed by atoms with Gasteiger partial charge in [-0.15, -0.1) is 0 Å². The quantitative estimate of drug-likeness (QED) is 0.839. The highest BCUT2D eigenvalue weighted by Gasteiger charge is 2.04. The molecule has 112 valence electrons. The molecule has 0 aliphatic carbocycles. The number of nitrogens with one attached hydrogen (secondary N) is 1. The first kappa shape index (κ1) is 15.9. The number of ether oxygens (including phenoxy) is 1. The van der Waals surface area contributed by atoms with Gasteiger partial charge in [0.2, 0.25) is 0 Å². The van der Waals surface area contributed by atoms with Gasteiger partial charge in [0.25, 0.3) is 0 Å². The van der Waals surface area contributed by atoms with Gasteiger partial charge in [-0.2, -0.15) is 0 Å². The molecule has 21 heavy (non-hydrogen) atoms. The van der Waals surface area contributed by atoms with Crippen molar-refractivity contribution in [1.29, 1.82) is 0 Å². The zero-order valence-electron chi connectivity index (χ0n) is 12.9. The fourth-order valence-electron chi connectivity index (χ4n) is 2.35. The average molecular weight is 304 g/mol. The van der Waals surface area contributed by atoms with Gasteiger partial charge in [0.1, 0.15) is 12.4 Å². The molecule has 0 heterocycles. The van der Waals surface area contributed by atoms with Crippen molar-refractivity contribution in [1.82, 2.24) is 5.32 Å². The van der Waals surface area contributed by atoms with E-state index < -0.39 is 0 Å². The first-order chi connectivity index (χ1) is 10.1. The lowest BCUT2D eigenvalue weighted by molar-refractivity contribution is 0.306. The molecule has 0 saturated heterocycles. The topological polar surface area (TPSA) is 21.3 Å². The van der Waals surface area contributed by atoms with Crippen molar-refractivity contribution < 1.29 is 4.74 Å². The Balaban J connectivity index is 2.02. The monoisotopic (exact) mass is 303 g/mol. The van der Waals surface area contributed by atoms with E-state index in [1.54, 1.807) is 0 Å². The van der Waals surface area contributed by atoms with E-state index in [0.717, 1.165) is 18.8 Å². The summed E-state index contributed by atoms with van der Waals surface area (Å²) in [5.41, 5.74) is 4.84. The van der Waals surface area contributed by atoms with Gasteiger partial charge in [0.05, 0.1) is 5.02 Å². The summed E-state index contributed by atoms with van der Waals surface area (Å²) in [4.78, 5) is 0. The van der Waals surface area contributed by atoms with Crippen molar-refractivity contribution in [2.75, 3.05) is 6.54 Å². The Morgan fingerprint density at radius 2 is 1.71 bits per heavy atom. The maximum Gasteiger partial charge on any atom is 0.138 e. The first-order valence-electron chi connectivity index (χ1n) is 7.27. The van der Waals surface area contributed by atoms with E-state index in [4.69, 9.17) is 16.3 Å². The van der Waals surface area contributed by atoms with Gasteiger partial charge in [-0.25, -0.2) is 0 Å². The summed E-state index contributed by atoms with van der Waals surface area (Å²) in [6.45, 7) is 8.59. The van der Waals surface area contributed by atoms with Gasteiger partial charge in [-0.05, 0) is 43.7 Å². The SMILES string of the molecule is CCNCc1ccc(OCc2cc(C)cc(C)c2)c(Cl)c1. The Labute approximate surface area is 132 Å². The zero-order valence-corrected chi connectivity index (χ0v) is 13.6. The standard InChI is InChI=1S/C18H22ClNO/c1-4-20-11-15-5-6-18(17(19)10-15)21-12-16-8-13(2)7-14(3)9-16/h5-10,20H,4,11-12H2,1-3H3.